The number of carbonyl (C=O) groups is 1. The van der Waals surface area contributed by atoms with E-state index in [2.05, 4.69) is 5.32 Å². The summed E-state index contributed by atoms with van der Waals surface area (Å²) in [4.78, 5) is 12.5. The summed E-state index contributed by atoms with van der Waals surface area (Å²) in [5.74, 6) is -0.201. The quantitative estimate of drug-likeness (QED) is 0.345. The Balaban J connectivity index is 1.71. The van der Waals surface area contributed by atoms with E-state index in [4.69, 9.17) is 20.8 Å². The van der Waals surface area contributed by atoms with Gasteiger partial charge in [0.25, 0.3) is 0 Å². The summed E-state index contributed by atoms with van der Waals surface area (Å²) < 4.78 is 24.6. The number of rotatable bonds is 5. The van der Waals surface area contributed by atoms with Crippen LogP contribution >= 0.6 is 11.6 Å². The van der Waals surface area contributed by atoms with E-state index in [-0.39, 0.29) is 5.91 Å². The summed E-state index contributed by atoms with van der Waals surface area (Å²) in [7, 11) is 1.56. The molecule has 0 atom stereocenters. The molecule has 1 aromatic heterocycles. The molecule has 0 aliphatic carbocycles. The Morgan fingerprint density at radius 2 is 1.90 bits per heavy atom. The van der Waals surface area contributed by atoms with Crippen molar-refractivity contribution in [2.45, 2.75) is 6.92 Å². The second-order valence-electron chi connectivity index (χ2n) is 7.03. The van der Waals surface area contributed by atoms with Gasteiger partial charge < -0.3 is 14.5 Å². The Morgan fingerprint density at radius 1 is 1.13 bits per heavy atom. The molecular formula is C25H19ClFNO3. The maximum Gasteiger partial charge on any atom is 0.248 e. The molecule has 0 radical (unpaired) electrons. The highest BCUT2D eigenvalue weighted by molar-refractivity contribution is 6.30. The Labute approximate surface area is 183 Å². The fourth-order valence-corrected chi connectivity index (χ4v) is 3.53. The van der Waals surface area contributed by atoms with Crippen molar-refractivity contribution in [3.8, 4) is 16.9 Å². The fourth-order valence-electron chi connectivity index (χ4n) is 3.40. The molecule has 0 saturated carbocycles. The first-order chi connectivity index (χ1) is 14.9. The van der Waals surface area contributed by atoms with Crippen LogP contribution in [0.25, 0.3) is 27.7 Å². The van der Waals surface area contributed by atoms with Crippen LogP contribution in [0.15, 0.2) is 77.4 Å². The van der Waals surface area contributed by atoms with Gasteiger partial charge in [0.2, 0.25) is 5.91 Å². The summed E-state index contributed by atoms with van der Waals surface area (Å²) in [6, 6.07) is 17.0. The summed E-state index contributed by atoms with van der Waals surface area (Å²) in [6.45, 7) is 1.82. The maximum absolute atomic E-state index is 13.4. The van der Waals surface area contributed by atoms with E-state index >= 15 is 0 Å². The molecule has 6 heteroatoms. The molecule has 4 aromatic rings. The average Bonchev–Trinajstić information content (AvgIpc) is 3.16. The molecular weight excluding hydrogens is 417 g/mol. The average molecular weight is 436 g/mol. The number of hydrogen-bond donors (Lipinski definition) is 1. The number of amides is 1. The van der Waals surface area contributed by atoms with Crippen LogP contribution in [0.3, 0.4) is 0 Å². The van der Waals surface area contributed by atoms with Crippen LogP contribution in [0.4, 0.5) is 10.1 Å². The Hall–Kier alpha value is -3.57. The van der Waals surface area contributed by atoms with E-state index in [0.717, 1.165) is 22.1 Å². The first-order valence-electron chi connectivity index (χ1n) is 9.55. The van der Waals surface area contributed by atoms with Gasteiger partial charge in [0.15, 0.2) is 0 Å². The number of carbonyl (C=O) groups excluding carboxylic acids is 1. The number of allylic oxidation sites excluding steroid dienone is 1. The smallest absolute Gasteiger partial charge is 0.248 e. The van der Waals surface area contributed by atoms with Crippen LogP contribution in [0.5, 0.6) is 5.75 Å². The van der Waals surface area contributed by atoms with Crippen molar-refractivity contribution in [3.05, 3.63) is 89.4 Å². The molecule has 0 bridgehead atoms. The lowest BCUT2D eigenvalue weighted by Gasteiger charge is -2.10. The molecule has 31 heavy (non-hydrogen) atoms. The van der Waals surface area contributed by atoms with Gasteiger partial charge in [-0.3, -0.25) is 4.79 Å². The predicted octanol–water partition coefficient (Wildman–Crippen LogP) is 6.94. The van der Waals surface area contributed by atoms with Gasteiger partial charge in [-0.05, 0) is 54.5 Å². The van der Waals surface area contributed by atoms with Crippen molar-refractivity contribution >= 4 is 39.7 Å². The third kappa shape index (κ3) is 4.47. The summed E-state index contributed by atoms with van der Waals surface area (Å²) in [5, 5.41) is 4.21. The maximum atomic E-state index is 13.4. The molecule has 0 aliphatic heterocycles. The van der Waals surface area contributed by atoms with E-state index in [1.54, 1.807) is 25.5 Å². The molecule has 4 rings (SSSR count). The number of hydrogen-bond acceptors (Lipinski definition) is 3. The number of ether oxygens (including phenoxy) is 1. The van der Waals surface area contributed by atoms with Crippen molar-refractivity contribution < 1.29 is 18.3 Å². The van der Waals surface area contributed by atoms with Gasteiger partial charge in [-0.15, -0.1) is 0 Å². The number of nitrogens with one attached hydrogen (secondary N) is 1. The zero-order valence-electron chi connectivity index (χ0n) is 16.9. The first kappa shape index (κ1) is 20.7. The number of furan rings is 1. The minimum absolute atomic E-state index is 0.365. The van der Waals surface area contributed by atoms with Crippen molar-refractivity contribution in [2.24, 2.45) is 0 Å². The summed E-state index contributed by atoms with van der Waals surface area (Å²) in [5.41, 5.74) is 4.37. The van der Waals surface area contributed by atoms with Crippen LogP contribution in [0, 0.1) is 5.82 Å². The Kier molecular flexibility index (Phi) is 5.78. The lowest BCUT2D eigenvalue weighted by molar-refractivity contribution is -0.111. The van der Waals surface area contributed by atoms with Gasteiger partial charge in [0.05, 0.1) is 13.4 Å². The van der Waals surface area contributed by atoms with E-state index in [1.165, 1.54) is 24.3 Å². The molecule has 156 valence electrons. The largest absolute Gasteiger partial charge is 0.496 e. The Morgan fingerprint density at radius 3 is 2.61 bits per heavy atom. The van der Waals surface area contributed by atoms with Crippen LogP contribution in [-0.4, -0.2) is 13.0 Å². The van der Waals surface area contributed by atoms with Crippen LogP contribution < -0.4 is 10.1 Å². The lowest BCUT2D eigenvalue weighted by atomic mass is 9.99. The molecule has 1 N–H and O–H groups in total. The molecule has 0 unspecified atom stereocenters. The van der Waals surface area contributed by atoms with Crippen LogP contribution in [0.1, 0.15) is 12.5 Å². The van der Waals surface area contributed by atoms with E-state index in [1.807, 2.05) is 37.3 Å². The van der Waals surface area contributed by atoms with Crippen LogP contribution in [-0.2, 0) is 4.79 Å². The minimum atomic E-state index is -0.416. The molecule has 0 fully saturated rings. The third-order valence-corrected chi connectivity index (χ3v) is 5.17. The molecule has 0 spiro atoms. The molecule has 0 aliphatic rings. The van der Waals surface area contributed by atoms with E-state index in [9.17, 15) is 9.18 Å². The zero-order chi connectivity index (χ0) is 22.0. The second kappa shape index (κ2) is 8.66. The van der Waals surface area contributed by atoms with Crippen molar-refractivity contribution in [2.75, 3.05) is 12.4 Å². The normalized spacial score (nSPS) is 11.5. The molecule has 1 amide bonds. The molecule has 0 saturated heterocycles. The monoisotopic (exact) mass is 435 g/mol. The summed E-state index contributed by atoms with van der Waals surface area (Å²) in [6.07, 6.45) is 3.14. The van der Waals surface area contributed by atoms with Crippen molar-refractivity contribution in [1.29, 1.82) is 0 Å². The fraction of sp³-hybridized carbons (Fsp3) is 0.0800. The second-order valence-corrected chi connectivity index (χ2v) is 7.47. The topological polar surface area (TPSA) is 51.5 Å². The Bertz CT molecular complexity index is 1290. The van der Waals surface area contributed by atoms with Gasteiger partial charge in [-0.1, -0.05) is 29.8 Å². The number of halogens is 2. The molecule has 1 heterocycles. The van der Waals surface area contributed by atoms with E-state index < -0.39 is 5.82 Å². The highest BCUT2D eigenvalue weighted by Gasteiger charge is 2.15. The van der Waals surface area contributed by atoms with Gasteiger partial charge >= 0.3 is 0 Å². The van der Waals surface area contributed by atoms with Gasteiger partial charge in [0, 0.05) is 39.4 Å². The highest BCUT2D eigenvalue weighted by atomic mass is 35.5. The molecule has 3 aromatic carbocycles. The van der Waals surface area contributed by atoms with Gasteiger partial charge in [-0.25, -0.2) is 4.39 Å². The van der Waals surface area contributed by atoms with Crippen LogP contribution in [0.2, 0.25) is 5.02 Å². The zero-order valence-corrected chi connectivity index (χ0v) is 17.7. The molecule has 4 nitrogen and oxygen atoms in total. The minimum Gasteiger partial charge on any atom is -0.496 e. The highest BCUT2D eigenvalue weighted by Crippen LogP contribution is 2.37. The van der Waals surface area contributed by atoms with Crippen molar-refractivity contribution in [3.63, 3.8) is 0 Å². The number of fused-ring (bicyclic) bond motifs is 1. The van der Waals surface area contributed by atoms with Crippen molar-refractivity contribution in [1.82, 2.24) is 0 Å². The summed E-state index contributed by atoms with van der Waals surface area (Å²) >= 11 is 6.01. The first-order valence-corrected chi connectivity index (χ1v) is 9.93. The lowest BCUT2D eigenvalue weighted by Crippen LogP contribution is -2.08. The predicted molar refractivity (Wildman–Crippen MR) is 122 cm³/mol. The van der Waals surface area contributed by atoms with E-state index in [0.29, 0.717) is 27.6 Å². The number of anilines is 1. The number of benzene rings is 3. The standard InChI is InChI=1S/C25H19ClFNO3/c1-15(10-25(29)28-19-5-3-4-18(27)11-19)20-12-21-22(16-6-8-17(26)9-7-16)14-31-24(21)13-23(20)30-2/h3-14H,1-2H3,(H,28,29)/b15-10+. The van der Waals surface area contributed by atoms with Gasteiger partial charge in [-0.2, -0.15) is 0 Å². The SMILES string of the molecule is COc1cc2occ(-c3ccc(Cl)cc3)c2cc1/C(C)=C/C(=O)Nc1cccc(F)c1. The number of methoxy groups -OCH3 is 1. The third-order valence-electron chi connectivity index (χ3n) is 4.92. The van der Waals surface area contributed by atoms with Gasteiger partial charge in [0.1, 0.15) is 17.1 Å².